The summed E-state index contributed by atoms with van der Waals surface area (Å²) in [5.74, 6) is 6.65. The first-order valence-corrected chi connectivity index (χ1v) is 13.8. The lowest BCUT2D eigenvalue weighted by Crippen LogP contribution is -2.66. The molecule has 0 aliphatic heterocycles. The first-order valence-electron chi connectivity index (χ1n) is 10.8. The van der Waals surface area contributed by atoms with Gasteiger partial charge >= 0.3 is 0 Å². The van der Waals surface area contributed by atoms with Gasteiger partial charge in [-0.2, -0.15) is 0 Å². The Kier molecular flexibility index (Phi) is 10.2. The van der Waals surface area contributed by atoms with E-state index in [-0.39, 0.29) is 5.04 Å². The molecule has 0 N–H and O–H groups in total. The Hall–Kier alpha value is -1.34. The summed E-state index contributed by atoms with van der Waals surface area (Å²) in [5, 5.41) is 3.75. The maximum Gasteiger partial charge on any atom is 0.262 e. The smallest absolute Gasteiger partial charge is 0.262 e. The van der Waals surface area contributed by atoms with Crippen LogP contribution in [0.4, 0.5) is 0 Å². The van der Waals surface area contributed by atoms with E-state index in [0.29, 0.717) is 6.61 Å². The lowest BCUT2D eigenvalue weighted by Gasteiger charge is -2.42. The Bertz CT molecular complexity index is 717. The maximum absolute atomic E-state index is 6.79. The molecule has 0 aromatic heterocycles. The monoisotopic (exact) mass is 470 g/mol. The summed E-state index contributed by atoms with van der Waals surface area (Å²) in [5.41, 5.74) is 0. The SMILES string of the molecule is CC(C)(C)[Si](OCC#CCCCCCCCBr)(c1ccccc1)c1ccccc1. The van der Waals surface area contributed by atoms with Crippen molar-refractivity contribution in [3.8, 4) is 11.8 Å². The number of hydrogen-bond acceptors (Lipinski definition) is 1. The lowest BCUT2D eigenvalue weighted by molar-refractivity contribution is 0.346. The molecule has 2 aromatic carbocycles. The van der Waals surface area contributed by atoms with Gasteiger partial charge in [0.2, 0.25) is 0 Å². The van der Waals surface area contributed by atoms with E-state index in [2.05, 4.69) is 109 Å². The van der Waals surface area contributed by atoms with Crippen LogP contribution in [0.1, 0.15) is 59.3 Å². The van der Waals surface area contributed by atoms with E-state index in [1.165, 1.54) is 42.5 Å². The van der Waals surface area contributed by atoms with E-state index in [1.807, 2.05) is 0 Å². The summed E-state index contributed by atoms with van der Waals surface area (Å²) in [6.07, 6.45) is 7.34. The summed E-state index contributed by atoms with van der Waals surface area (Å²) in [6, 6.07) is 21.5. The van der Waals surface area contributed by atoms with Crippen molar-refractivity contribution >= 4 is 34.6 Å². The van der Waals surface area contributed by atoms with Crippen molar-refractivity contribution in [2.45, 2.75) is 64.3 Å². The average molecular weight is 472 g/mol. The van der Waals surface area contributed by atoms with E-state index in [0.717, 1.165) is 11.8 Å². The Morgan fingerprint density at radius 2 is 1.28 bits per heavy atom. The van der Waals surface area contributed by atoms with Gasteiger partial charge in [0.1, 0.15) is 0 Å². The van der Waals surface area contributed by atoms with Crippen molar-refractivity contribution in [3.05, 3.63) is 60.7 Å². The van der Waals surface area contributed by atoms with Crippen LogP contribution in [-0.2, 0) is 4.43 Å². The molecule has 0 radical (unpaired) electrons. The minimum Gasteiger partial charge on any atom is -0.396 e. The van der Waals surface area contributed by atoms with Crippen LogP contribution in [0.3, 0.4) is 0 Å². The van der Waals surface area contributed by atoms with Crippen LogP contribution < -0.4 is 10.4 Å². The van der Waals surface area contributed by atoms with Gasteiger partial charge in [0.25, 0.3) is 8.32 Å². The highest BCUT2D eigenvalue weighted by Gasteiger charge is 2.49. The van der Waals surface area contributed by atoms with Crippen molar-refractivity contribution in [2.24, 2.45) is 0 Å². The van der Waals surface area contributed by atoms with E-state index < -0.39 is 8.32 Å². The largest absolute Gasteiger partial charge is 0.396 e. The summed E-state index contributed by atoms with van der Waals surface area (Å²) in [6.45, 7) is 7.41. The molecule has 0 amide bonds. The molecule has 0 atom stereocenters. The van der Waals surface area contributed by atoms with Gasteiger partial charge in [-0.15, -0.1) is 5.92 Å². The van der Waals surface area contributed by atoms with Gasteiger partial charge in [0.15, 0.2) is 0 Å². The quantitative estimate of drug-likeness (QED) is 0.171. The number of unbranched alkanes of at least 4 members (excludes halogenated alkanes) is 5. The molecule has 0 aliphatic carbocycles. The zero-order valence-corrected chi connectivity index (χ0v) is 20.8. The molecule has 0 unspecified atom stereocenters. The third kappa shape index (κ3) is 6.85. The standard InChI is InChI=1S/C26H35BrOSi/c1-26(2,3)29(24-18-12-10-13-19-24,25-20-14-11-15-21-25)28-23-17-9-7-5-4-6-8-16-22-27/h10-15,18-21H,4-8,16,22-23H2,1-3H3. The zero-order valence-electron chi connectivity index (χ0n) is 18.2. The molecule has 0 bridgehead atoms. The average Bonchev–Trinajstić information content (AvgIpc) is 2.72. The molecule has 0 saturated carbocycles. The summed E-state index contributed by atoms with van der Waals surface area (Å²) >= 11 is 3.49. The first-order chi connectivity index (χ1) is 14.0. The first kappa shape index (κ1) is 23.9. The highest BCUT2D eigenvalue weighted by Crippen LogP contribution is 2.36. The van der Waals surface area contributed by atoms with Gasteiger partial charge < -0.3 is 4.43 Å². The molecular formula is C26H35BrOSi. The van der Waals surface area contributed by atoms with Gasteiger partial charge in [0.05, 0.1) is 6.61 Å². The number of hydrogen-bond donors (Lipinski definition) is 0. The Morgan fingerprint density at radius 3 is 1.79 bits per heavy atom. The van der Waals surface area contributed by atoms with Crippen LogP contribution in [0.15, 0.2) is 60.7 Å². The highest BCUT2D eigenvalue weighted by molar-refractivity contribution is 9.09. The van der Waals surface area contributed by atoms with Gasteiger partial charge in [-0.1, -0.05) is 123 Å². The summed E-state index contributed by atoms with van der Waals surface area (Å²) in [7, 11) is -2.45. The van der Waals surface area contributed by atoms with Crippen LogP contribution in [0.25, 0.3) is 0 Å². The second kappa shape index (κ2) is 12.4. The molecule has 2 aromatic rings. The van der Waals surface area contributed by atoms with Crippen LogP contribution >= 0.6 is 15.9 Å². The molecule has 2 rings (SSSR count). The number of alkyl halides is 1. The molecule has 0 saturated heterocycles. The fourth-order valence-corrected chi connectivity index (χ4v) is 8.72. The number of benzene rings is 2. The van der Waals surface area contributed by atoms with E-state index in [1.54, 1.807) is 0 Å². The van der Waals surface area contributed by atoms with Crippen molar-refractivity contribution in [1.29, 1.82) is 0 Å². The molecule has 29 heavy (non-hydrogen) atoms. The molecule has 1 nitrogen and oxygen atoms in total. The normalized spacial score (nSPS) is 11.7. The second-order valence-electron chi connectivity index (χ2n) is 8.51. The fourth-order valence-electron chi connectivity index (χ4n) is 3.88. The Morgan fingerprint density at radius 1 is 0.759 bits per heavy atom. The predicted octanol–water partition coefficient (Wildman–Crippen LogP) is 6.30. The molecular weight excluding hydrogens is 436 g/mol. The van der Waals surface area contributed by atoms with E-state index in [4.69, 9.17) is 4.43 Å². The third-order valence-electron chi connectivity index (χ3n) is 5.34. The molecule has 0 fully saturated rings. The number of rotatable bonds is 10. The van der Waals surface area contributed by atoms with Crippen molar-refractivity contribution in [3.63, 3.8) is 0 Å². The molecule has 3 heteroatoms. The van der Waals surface area contributed by atoms with Gasteiger partial charge in [0, 0.05) is 11.8 Å². The molecule has 0 aliphatic rings. The van der Waals surface area contributed by atoms with Gasteiger partial charge in [-0.25, -0.2) is 0 Å². The maximum atomic E-state index is 6.79. The van der Waals surface area contributed by atoms with Crippen LogP contribution in [0.5, 0.6) is 0 Å². The summed E-state index contributed by atoms with van der Waals surface area (Å²) < 4.78 is 6.79. The second-order valence-corrected chi connectivity index (χ2v) is 13.6. The third-order valence-corrected chi connectivity index (χ3v) is 10.9. The van der Waals surface area contributed by atoms with Gasteiger partial charge in [-0.05, 0) is 28.3 Å². The van der Waals surface area contributed by atoms with Crippen LogP contribution in [0.2, 0.25) is 5.04 Å². The minimum absolute atomic E-state index is 0.00675. The Labute approximate surface area is 187 Å². The minimum atomic E-state index is -2.45. The zero-order chi connectivity index (χ0) is 21.0. The Balaban J connectivity index is 2.11. The van der Waals surface area contributed by atoms with Crippen molar-refractivity contribution < 1.29 is 4.43 Å². The van der Waals surface area contributed by atoms with Crippen LogP contribution in [0, 0.1) is 11.8 Å². The van der Waals surface area contributed by atoms with E-state index >= 15 is 0 Å². The van der Waals surface area contributed by atoms with Gasteiger partial charge in [-0.3, -0.25) is 0 Å². The van der Waals surface area contributed by atoms with Crippen molar-refractivity contribution in [1.82, 2.24) is 0 Å². The molecule has 156 valence electrons. The topological polar surface area (TPSA) is 9.23 Å². The summed E-state index contributed by atoms with van der Waals surface area (Å²) in [4.78, 5) is 0. The predicted molar refractivity (Wildman–Crippen MR) is 133 cm³/mol. The molecule has 0 spiro atoms. The fraction of sp³-hybridized carbons (Fsp3) is 0.462. The van der Waals surface area contributed by atoms with Crippen LogP contribution in [-0.4, -0.2) is 20.3 Å². The highest BCUT2D eigenvalue weighted by atomic mass is 79.9. The molecule has 0 heterocycles. The van der Waals surface area contributed by atoms with Crippen molar-refractivity contribution in [2.75, 3.05) is 11.9 Å². The lowest BCUT2D eigenvalue weighted by atomic mass is 10.1. The number of halogens is 1. The van der Waals surface area contributed by atoms with E-state index in [9.17, 15) is 0 Å².